The average Bonchev–Trinajstić information content (AvgIpc) is 3.33. The molecule has 1 aromatic rings. The van der Waals surface area contributed by atoms with Gasteiger partial charge in [0, 0.05) is 38.0 Å². The molecule has 0 bridgehead atoms. The van der Waals surface area contributed by atoms with Crippen LogP contribution in [0.4, 0.5) is 0 Å². The van der Waals surface area contributed by atoms with E-state index in [1.807, 2.05) is 0 Å². The Morgan fingerprint density at radius 1 is 1.15 bits per heavy atom. The van der Waals surface area contributed by atoms with Gasteiger partial charge in [0.1, 0.15) is 0 Å². The molecule has 1 amide bonds. The molecule has 0 radical (unpaired) electrons. The molecule has 3 fully saturated rings. The van der Waals surface area contributed by atoms with Crippen molar-refractivity contribution in [1.82, 2.24) is 10.2 Å². The Balaban J connectivity index is 1.45. The highest BCUT2D eigenvalue weighted by Gasteiger charge is 2.50. The standard InChI is InChI=1S/C20H28N2O3S/c1-14-2-4-16(5-3-14)11-22-12-18-17(20(23)21-10-15-6-7-15)8-9-26(24,25)19(18)13-22/h2-5,15,17-19H,6-13H2,1H3,(H,21,23)/t17-,18+,19+/m0/s1. The third-order valence-electron chi connectivity index (χ3n) is 6.20. The van der Waals surface area contributed by atoms with E-state index >= 15 is 0 Å². The normalized spacial score (nSPS) is 30.7. The van der Waals surface area contributed by atoms with Crippen LogP contribution in [0, 0.1) is 24.7 Å². The van der Waals surface area contributed by atoms with Gasteiger partial charge in [0.2, 0.25) is 5.91 Å². The third-order valence-corrected chi connectivity index (χ3v) is 8.43. The summed E-state index contributed by atoms with van der Waals surface area (Å²) in [5.41, 5.74) is 2.42. The van der Waals surface area contributed by atoms with E-state index in [1.54, 1.807) is 0 Å². The summed E-state index contributed by atoms with van der Waals surface area (Å²) in [6, 6.07) is 8.38. The van der Waals surface area contributed by atoms with E-state index in [0.29, 0.717) is 25.4 Å². The Morgan fingerprint density at radius 3 is 2.58 bits per heavy atom. The fraction of sp³-hybridized carbons (Fsp3) is 0.650. The second kappa shape index (κ2) is 6.97. The molecule has 2 heterocycles. The summed E-state index contributed by atoms with van der Waals surface area (Å²) in [6.45, 7) is 4.81. The van der Waals surface area contributed by atoms with Crippen LogP contribution in [0.25, 0.3) is 0 Å². The first-order valence-corrected chi connectivity index (χ1v) is 11.4. The van der Waals surface area contributed by atoms with Gasteiger partial charge in [0.25, 0.3) is 0 Å². The zero-order chi connectivity index (χ0) is 18.3. The van der Waals surface area contributed by atoms with Crippen LogP contribution >= 0.6 is 0 Å². The number of sulfone groups is 1. The van der Waals surface area contributed by atoms with Crippen molar-refractivity contribution in [2.45, 2.75) is 38.0 Å². The molecule has 1 N–H and O–H groups in total. The minimum Gasteiger partial charge on any atom is -0.356 e. The number of aryl methyl sites for hydroxylation is 1. The Morgan fingerprint density at radius 2 is 1.88 bits per heavy atom. The predicted octanol–water partition coefficient (Wildman–Crippen LogP) is 1.76. The van der Waals surface area contributed by atoms with Crippen LogP contribution in [-0.4, -0.2) is 49.9 Å². The van der Waals surface area contributed by atoms with Gasteiger partial charge in [-0.25, -0.2) is 8.42 Å². The smallest absolute Gasteiger partial charge is 0.223 e. The molecule has 4 rings (SSSR count). The predicted molar refractivity (Wildman–Crippen MR) is 101 cm³/mol. The number of carbonyl (C=O) groups is 1. The summed E-state index contributed by atoms with van der Waals surface area (Å²) in [5, 5.41) is 2.68. The molecular formula is C20H28N2O3S. The number of benzene rings is 1. The minimum atomic E-state index is -3.10. The van der Waals surface area contributed by atoms with E-state index in [-0.39, 0.29) is 23.5 Å². The lowest BCUT2D eigenvalue weighted by molar-refractivity contribution is -0.126. The number of nitrogens with zero attached hydrogens (tertiary/aromatic N) is 1. The fourth-order valence-electron chi connectivity index (χ4n) is 4.41. The molecule has 1 aliphatic carbocycles. The molecular weight excluding hydrogens is 348 g/mol. The van der Waals surface area contributed by atoms with Gasteiger partial charge >= 0.3 is 0 Å². The summed E-state index contributed by atoms with van der Waals surface area (Å²) < 4.78 is 25.2. The zero-order valence-electron chi connectivity index (χ0n) is 15.4. The van der Waals surface area contributed by atoms with Gasteiger partial charge in [-0.1, -0.05) is 29.8 Å². The van der Waals surface area contributed by atoms with Crippen molar-refractivity contribution in [2.24, 2.45) is 17.8 Å². The maximum atomic E-state index is 12.7. The lowest BCUT2D eigenvalue weighted by Gasteiger charge is -2.31. The van der Waals surface area contributed by atoms with Gasteiger partial charge in [-0.15, -0.1) is 0 Å². The van der Waals surface area contributed by atoms with E-state index in [1.165, 1.54) is 24.0 Å². The number of amides is 1. The van der Waals surface area contributed by atoms with Gasteiger partial charge < -0.3 is 5.32 Å². The highest BCUT2D eigenvalue weighted by atomic mass is 32.2. The zero-order valence-corrected chi connectivity index (χ0v) is 16.2. The molecule has 2 saturated heterocycles. The number of likely N-dealkylation sites (tertiary alicyclic amines) is 1. The van der Waals surface area contributed by atoms with Gasteiger partial charge in [0.05, 0.1) is 11.0 Å². The average molecular weight is 377 g/mol. The van der Waals surface area contributed by atoms with Crippen molar-refractivity contribution in [1.29, 1.82) is 0 Å². The van der Waals surface area contributed by atoms with Gasteiger partial charge in [-0.2, -0.15) is 0 Å². The molecule has 2 aliphatic heterocycles. The summed E-state index contributed by atoms with van der Waals surface area (Å²) >= 11 is 0. The Hall–Kier alpha value is -1.40. The maximum absolute atomic E-state index is 12.7. The van der Waals surface area contributed by atoms with Crippen LogP contribution in [0.1, 0.15) is 30.4 Å². The molecule has 3 aliphatic rings. The van der Waals surface area contributed by atoms with Crippen LogP contribution in [0.5, 0.6) is 0 Å². The first-order chi connectivity index (χ1) is 12.4. The third kappa shape index (κ3) is 3.81. The number of rotatable bonds is 5. The molecule has 0 unspecified atom stereocenters. The molecule has 1 saturated carbocycles. The second-order valence-electron chi connectivity index (χ2n) is 8.33. The van der Waals surface area contributed by atoms with Crippen molar-refractivity contribution in [3.8, 4) is 0 Å². The summed E-state index contributed by atoms with van der Waals surface area (Å²) in [5.74, 6) is 0.625. The Labute approximate surface area is 156 Å². The minimum absolute atomic E-state index is 0.0685. The molecule has 1 aromatic carbocycles. The van der Waals surface area contributed by atoms with Crippen LogP contribution in [-0.2, 0) is 21.2 Å². The number of hydrogen-bond donors (Lipinski definition) is 1. The highest BCUT2D eigenvalue weighted by Crippen LogP contribution is 2.37. The van der Waals surface area contributed by atoms with Crippen molar-refractivity contribution in [3.05, 3.63) is 35.4 Å². The molecule has 0 aromatic heterocycles. The van der Waals surface area contributed by atoms with E-state index in [9.17, 15) is 13.2 Å². The van der Waals surface area contributed by atoms with Crippen LogP contribution < -0.4 is 5.32 Å². The molecule has 5 nitrogen and oxygen atoms in total. The summed E-state index contributed by atoms with van der Waals surface area (Å²) in [4.78, 5) is 14.9. The van der Waals surface area contributed by atoms with Crippen molar-refractivity contribution >= 4 is 15.7 Å². The van der Waals surface area contributed by atoms with E-state index in [0.717, 1.165) is 13.1 Å². The molecule has 26 heavy (non-hydrogen) atoms. The van der Waals surface area contributed by atoms with Gasteiger partial charge in [-0.3, -0.25) is 9.69 Å². The number of fused-ring (bicyclic) bond motifs is 1. The fourth-order valence-corrected chi connectivity index (χ4v) is 6.54. The number of hydrogen-bond acceptors (Lipinski definition) is 4. The summed E-state index contributed by atoms with van der Waals surface area (Å²) in [6.07, 6.45) is 2.88. The molecule has 142 valence electrons. The number of carbonyl (C=O) groups excluding carboxylic acids is 1. The molecule has 0 spiro atoms. The topological polar surface area (TPSA) is 66.5 Å². The van der Waals surface area contributed by atoms with E-state index in [2.05, 4.69) is 41.4 Å². The van der Waals surface area contributed by atoms with E-state index in [4.69, 9.17) is 0 Å². The molecule has 6 heteroatoms. The van der Waals surface area contributed by atoms with Crippen LogP contribution in [0.2, 0.25) is 0 Å². The quantitative estimate of drug-likeness (QED) is 0.850. The largest absolute Gasteiger partial charge is 0.356 e. The first-order valence-electron chi connectivity index (χ1n) is 9.69. The SMILES string of the molecule is Cc1ccc(CN2C[C@@H]3[C@@H](C(=O)NCC4CC4)CCS(=O)(=O)[C@@H]3C2)cc1. The second-order valence-corrected chi connectivity index (χ2v) is 10.7. The molecule has 3 atom stereocenters. The van der Waals surface area contributed by atoms with Gasteiger partial charge in [0.15, 0.2) is 9.84 Å². The lowest BCUT2D eigenvalue weighted by Crippen LogP contribution is -2.47. The van der Waals surface area contributed by atoms with Crippen LogP contribution in [0.15, 0.2) is 24.3 Å². The van der Waals surface area contributed by atoms with Crippen LogP contribution in [0.3, 0.4) is 0 Å². The van der Waals surface area contributed by atoms with Gasteiger partial charge in [-0.05, 0) is 37.7 Å². The van der Waals surface area contributed by atoms with Crippen molar-refractivity contribution in [2.75, 3.05) is 25.4 Å². The van der Waals surface area contributed by atoms with Crippen molar-refractivity contribution in [3.63, 3.8) is 0 Å². The Kier molecular flexibility index (Phi) is 4.82. The lowest BCUT2D eigenvalue weighted by atomic mass is 9.87. The van der Waals surface area contributed by atoms with E-state index < -0.39 is 15.1 Å². The monoisotopic (exact) mass is 376 g/mol. The maximum Gasteiger partial charge on any atom is 0.223 e. The highest BCUT2D eigenvalue weighted by molar-refractivity contribution is 7.92. The summed E-state index contributed by atoms with van der Waals surface area (Å²) in [7, 11) is -3.10. The first kappa shape index (κ1) is 18.0. The Bertz CT molecular complexity index is 771. The number of nitrogens with one attached hydrogen (secondary N) is 1. The van der Waals surface area contributed by atoms with Crippen molar-refractivity contribution < 1.29 is 13.2 Å².